The predicted molar refractivity (Wildman–Crippen MR) is 144 cm³/mol. The van der Waals surface area contributed by atoms with E-state index in [1.165, 1.54) is 6.08 Å². The Morgan fingerprint density at radius 1 is 1.03 bits per heavy atom. The minimum atomic E-state index is -1.00. The van der Waals surface area contributed by atoms with Crippen LogP contribution in [-0.2, 0) is 24.0 Å². The molecule has 1 saturated heterocycles. The van der Waals surface area contributed by atoms with Crippen LogP contribution >= 0.6 is 15.9 Å². The standard InChI is InChI=1S/C30H24BrNO7/c31-20-13-22(34)26-19(28(20)37)12-18-16(27(26)25-15-5-2-1-4-14(15)7-10-21(25)33)8-9-17-24(18)30(39)32(29(17)38)11-3-6-23(35)36/h1-2,4-5,7-8,10,13,17-18,24,27,33H,3,6,9,11-12H2,(H,35,36)/t17-,18+,24-,27+/m0/s1. The summed E-state index contributed by atoms with van der Waals surface area (Å²) in [5.41, 5.74) is 1.84. The molecule has 2 N–H and O–H groups in total. The van der Waals surface area contributed by atoms with Crippen LogP contribution in [0.5, 0.6) is 5.75 Å². The second-order valence-electron chi connectivity index (χ2n) is 10.4. The first-order valence-electron chi connectivity index (χ1n) is 12.9. The highest BCUT2D eigenvalue weighted by molar-refractivity contribution is 9.12. The number of imide groups is 1. The van der Waals surface area contributed by atoms with Crippen LogP contribution in [0.25, 0.3) is 10.8 Å². The van der Waals surface area contributed by atoms with Crippen LogP contribution in [0.3, 0.4) is 0 Å². The van der Waals surface area contributed by atoms with Crippen LogP contribution in [0.4, 0.5) is 0 Å². The molecule has 4 aliphatic rings. The lowest BCUT2D eigenvalue weighted by Gasteiger charge is -2.42. The fourth-order valence-electron chi connectivity index (χ4n) is 6.80. The number of nitrogens with zero attached hydrogens (tertiary/aromatic N) is 1. The quantitative estimate of drug-likeness (QED) is 0.304. The molecule has 3 aliphatic carbocycles. The van der Waals surface area contributed by atoms with Crippen LogP contribution in [0.2, 0.25) is 0 Å². The number of allylic oxidation sites excluding steroid dienone is 6. The molecule has 9 heteroatoms. The maximum Gasteiger partial charge on any atom is 0.303 e. The monoisotopic (exact) mass is 589 g/mol. The van der Waals surface area contributed by atoms with E-state index < -0.39 is 29.6 Å². The number of fused-ring (bicyclic) bond motifs is 4. The second kappa shape index (κ2) is 9.41. The van der Waals surface area contributed by atoms with Crippen molar-refractivity contribution >= 4 is 56.1 Å². The topological polar surface area (TPSA) is 129 Å². The van der Waals surface area contributed by atoms with E-state index in [1.54, 1.807) is 12.1 Å². The first-order chi connectivity index (χ1) is 18.7. The highest BCUT2D eigenvalue weighted by Gasteiger charge is 2.56. The van der Waals surface area contributed by atoms with Crippen molar-refractivity contribution in [3.05, 3.63) is 75.3 Å². The molecule has 2 aromatic rings. The van der Waals surface area contributed by atoms with Crippen molar-refractivity contribution in [3.63, 3.8) is 0 Å². The minimum Gasteiger partial charge on any atom is -0.508 e. The van der Waals surface area contributed by atoms with Gasteiger partial charge in [0.1, 0.15) is 5.75 Å². The summed E-state index contributed by atoms with van der Waals surface area (Å²) in [7, 11) is 0. The largest absolute Gasteiger partial charge is 0.508 e. The molecule has 39 heavy (non-hydrogen) atoms. The Hall–Kier alpha value is -3.85. The molecule has 1 fully saturated rings. The minimum absolute atomic E-state index is 0.0200. The Bertz CT molecular complexity index is 1600. The summed E-state index contributed by atoms with van der Waals surface area (Å²) < 4.78 is 0.135. The van der Waals surface area contributed by atoms with Crippen molar-refractivity contribution in [2.24, 2.45) is 17.8 Å². The lowest BCUT2D eigenvalue weighted by Crippen LogP contribution is -2.39. The lowest BCUT2D eigenvalue weighted by atomic mass is 9.59. The summed E-state index contributed by atoms with van der Waals surface area (Å²) in [6.45, 7) is 0.0200. The van der Waals surface area contributed by atoms with Gasteiger partial charge in [0, 0.05) is 41.7 Å². The molecule has 0 unspecified atom stereocenters. The number of halogens is 1. The Morgan fingerprint density at radius 3 is 2.56 bits per heavy atom. The number of ketones is 2. The third kappa shape index (κ3) is 3.90. The van der Waals surface area contributed by atoms with Gasteiger partial charge in [-0.2, -0.15) is 0 Å². The third-order valence-corrected chi connectivity index (χ3v) is 9.02. The highest BCUT2D eigenvalue weighted by Crippen LogP contribution is 2.57. The van der Waals surface area contributed by atoms with E-state index >= 15 is 0 Å². The molecule has 0 bridgehead atoms. The summed E-state index contributed by atoms with van der Waals surface area (Å²) in [6, 6.07) is 10.8. The number of carbonyl (C=O) groups excluding carboxylic acids is 4. The number of hydrogen-bond acceptors (Lipinski definition) is 6. The van der Waals surface area contributed by atoms with Crippen molar-refractivity contribution in [2.75, 3.05) is 6.54 Å². The number of benzene rings is 2. The van der Waals surface area contributed by atoms with Gasteiger partial charge in [-0.15, -0.1) is 0 Å². The summed E-state index contributed by atoms with van der Waals surface area (Å²) in [6.07, 6.45) is 3.57. The van der Waals surface area contributed by atoms with E-state index in [9.17, 15) is 29.1 Å². The Balaban J connectivity index is 1.50. The summed E-state index contributed by atoms with van der Waals surface area (Å²) >= 11 is 3.22. The number of phenolic OH excluding ortho intramolecular Hbond substituents is 1. The summed E-state index contributed by atoms with van der Waals surface area (Å²) in [5, 5.41) is 21.8. The first kappa shape index (κ1) is 25.4. The Kier molecular flexibility index (Phi) is 6.14. The maximum atomic E-state index is 13.7. The second-order valence-corrected chi connectivity index (χ2v) is 11.3. The molecule has 198 valence electrons. The number of aliphatic carboxylic acids is 1. The van der Waals surface area contributed by atoms with Gasteiger partial charge in [-0.1, -0.05) is 42.0 Å². The molecule has 6 rings (SSSR count). The average Bonchev–Trinajstić information content (AvgIpc) is 3.15. The van der Waals surface area contributed by atoms with Crippen molar-refractivity contribution in [2.45, 2.75) is 31.6 Å². The number of aromatic hydroxyl groups is 1. The molecule has 2 amide bonds. The van der Waals surface area contributed by atoms with E-state index in [4.69, 9.17) is 5.11 Å². The molecule has 1 aliphatic heterocycles. The van der Waals surface area contributed by atoms with Crippen LogP contribution < -0.4 is 0 Å². The smallest absolute Gasteiger partial charge is 0.303 e. The molecule has 0 saturated carbocycles. The number of carbonyl (C=O) groups is 5. The van der Waals surface area contributed by atoms with Gasteiger partial charge in [-0.25, -0.2) is 0 Å². The third-order valence-electron chi connectivity index (χ3n) is 8.43. The molecular formula is C30H24BrNO7. The van der Waals surface area contributed by atoms with Gasteiger partial charge in [0.05, 0.1) is 16.3 Å². The predicted octanol–water partition coefficient (Wildman–Crippen LogP) is 4.17. The van der Waals surface area contributed by atoms with Gasteiger partial charge in [-0.3, -0.25) is 28.9 Å². The van der Waals surface area contributed by atoms with E-state index in [0.29, 0.717) is 16.7 Å². The van der Waals surface area contributed by atoms with Gasteiger partial charge >= 0.3 is 5.97 Å². The van der Waals surface area contributed by atoms with Crippen molar-refractivity contribution in [3.8, 4) is 5.75 Å². The number of likely N-dealkylation sites (tertiary alicyclic amines) is 1. The number of Topliss-reactive ketones (excluding diaryl/α,β-unsaturated/α-hetero) is 1. The number of phenols is 1. The molecule has 0 radical (unpaired) electrons. The normalized spacial score (nSPS) is 26.3. The van der Waals surface area contributed by atoms with Crippen LogP contribution in [-0.4, -0.2) is 51.0 Å². The number of carboxylic acids is 1. The van der Waals surface area contributed by atoms with E-state index in [0.717, 1.165) is 21.2 Å². The van der Waals surface area contributed by atoms with Crippen LogP contribution in [0, 0.1) is 17.8 Å². The van der Waals surface area contributed by atoms with Gasteiger partial charge in [-0.05, 0) is 57.9 Å². The van der Waals surface area contributed by atoms with E-state index in [-0.39, 0.29) is 65.8 Å². The number of hydrogen-bond donors (Lipinski definition) is 2. The highest BCUT2D eigenvalue weighted by atomic mass is 79.9. The fraction of sp³-hybridized carbons (Fsp3) is 0.300. The summed E-state index contributed by atoms with van der Waals surface area (Å²) in [4.78, 5) is 65.9. The summed E-state index contributed by atoms with van der Waals surface area (Å²) in [5.74, 6) is -5.04. The van der Waals surface area contributed by atoms with Crippen molar-refractivity contribution in [1.29, 1.82) is 0 Å². The number of amides is 2. The maximum absolute atomic E-state index is 13.7. The zero-order valence-corrected chi connectivity index (χ0v) is 22.3. The number of carboxylic acid groups (broad SMARTS) is 1. The van der Waals surface area contributed by atoms with Gasteiger partial charge in [0.25, 0.3) is 0 Å². The molecule has 8 nitrogen and oxygen atoms in total. The molecule has 0 spiro atoms. The van der Waals surface area contributed by atoms with Crippen molar-refractivity contribution in [1.82, 2.24) is 4.90 Å². The zero-order valence-electron chi connectivity index (χ0n) is 20.7. The number of rotatable bonds is 5. The Labute approximate surface area is 231 Å². The van der Waals surface area contributed by atoms with E-state index in [1.807, 2.05) is 30.3 Å². The molecular weight excluding hydrogens is 566 g/mol. The lowest BCUT2D eigenvalue weighted by molar-refractivity contribution is -0.142. The molecule has 4 atom stereocenters. The zero-order chi connectivity index (χ0) is 27.6. The van der Waals surface area contributed by atoms with E-state index in [2.05, 4.69) is 15.9 Å². The fourth-order valence-corrected chi connectivity index (χ4v) is 7.25. The molecule has 0 aromatic heterocycles. The SMILES string of the molecule is O=C(O)CCCN1C(=O)[C@H]2[C@H](CC=C3[C@H](c4c(O)ccc5ccccc45)C4=C(C[C@H]32)C(=O)C(Br)=CC4=O)C1=O. The van der Waals surface area contributed by atoms with Crippen LogP contribution in [0.15, 0.2) is 69.8 Å². The van der Waals surface area contributed by atoms with Gasteiger partial charge in [0.15, 0.2) is 11.6 Å². The molecule has 2 aromatic carbocycles. The van der Waals surface area contributed by atoms with Gasteiger partial charge in [0.2, 0.25) is 11.8 Å². The van der Waals surface area contributed by atoms with Crippen LogP contribution in [0.1, 0.15) is 37.2 Å². The van der Waals surface area contributed by atoms with Crippen molar-refractivity contribution < 1.29 is 34.2 Å². The Morgan fingerprint density at radius 2 is 1.79 bits per heavy atom. The average molecular weight is 590 g/mol. The molecule has 1 heterocycles. The first-order valence-corrected chi connectivity index (χ1v) is 13.6. The van der Waals surface area contributed by atoms with Gasteiger partial charge < -0.3 is 10.2 Å².